The molecule has 4 nitrogen and oxygen atoms in total. The second kappa shape index (κ2) is 7.43. The van der Waals surface area contributed by atoms with Gasteiger partial charge in [-0.05, 0) is 27.2 Å². The van der Waals surface area contributed by atoms with Crippen molar-refractivity contribution in [2.75, 3.05) is 39.3 Å². The summed E-state index contributed by atoms with van der Waals surface area (Å²) in [6.07, 6.45) is -3.45. The summed E-state index contributed by atoms with van der Waals surface area (Å²) < 4.78 is 36.9. The third kappa shape index (κ3) is 7.11. The highest BCUT2D eigenvalue weighted by molar-refractivity contribution is 5.04. The first-order chi connectivity index (χ1) is 9.63. The van der Waals surface area contributed by atoms with Crippen LogP contribution < -0.4 is 5.32 Å². The molecule has 122 valence electrons. The summed E-state index contributed by atoms with van der Waals surface area (Å²) in [6.45, 7) is 7.86. The summed E-state index contributed by atoms with van der Waals surface area (Å²) in [5.41, 5.74) is -0.586. The maximum absolute atomic E-state index is 12.3. The summed E-state index contributed by atoms with van der Waals surface area (Å²) >= 11 is 0. The molecule has 0 aliphatic carbocycles. The second-order valence-corrected chi connectivity index (χ2v) is 6.23. The van der Waals surface area contributed by atoms with Gasteiger partial charge in [-0.25, -0.2) is 0 Å². The van der Waals surface area contributed by atoms with Crippen LogP contribution in [0, 0.1) is 11.3 Å². The average molecular weight is 306 g/mol. The number of nitrogens with one attached hydrogen (secondary N) is 1. The highest BCUT2D eigenvalue weighted by Gasteiger charge is 2.32. The van der Waals surface area contributed by atoms with Crippen LogP contribution in [0.2, 0.25) is 0 Å². The Labute approximate surface area is 124 Å². The standard InChI is InChI=1S/C14H25F3N4/c1-12(2)19-13(3,10-18)4-5-20-6-8-21(9-7-20)11-14(15,16)17/h12,19H,4-9,11H2,1-3H3. The molecule has 0 bridgehead atoms. The Bertz CT molecular complexity index is 356. The predicted molar refractivity (Wildman–Crippen MR) is 75.8 cm³/mol. The van der Waals surface area contributed by atoms with Crippen molar-refractivity contribution in [2.24, 2.45) is 0 Å². The van der Waals surface area contributed by atoms with Gasteiger partial charge in [-0.2, -0.15) is 18.4 Å². The second-order valence-electron chi connectivity index (χ2n) is 6.23. The van der Waals surface area contributed by atoms with Gasteiger partial charge in [0, 0.05) is 38.8 Å². The molecule has 1 unspecified atom stereocenters. The van der Waals surface area contributed by atoms with Crippen molar-refractivity contribution in [1.29, 1.82) is 5.26 Å². The van der Waals surface area contributed by atoms with Gasteiger partial charge in [0.2, 0.25) is 0 Å². The van der Waals surface area contributed by atoms with E-state index in [1.165, 1.54) is 4.90 Å². The van der Waals surface area contributed by atoms with Crippen molar-refractivity contribution >= 4 is 0 Å². The van der Waals surface area contributed by atoms with E-state index >= 15 is 0 Å². The summed E-state index contributed by atoms with van der Waals surface area (Å²) in [6, 6.07) is 2.51. The number of nitrogens with zero attached hydrogens (tertiary/aromatic N) is 3. The Balaban J connectivity index is 2.34. The summed E-state index contributed by atoms with van der Waals surface area (Å²) in [5, 5.41) is 12.5. The molecule has 1 aliphatic heterocycles. The van der Waals surface area contributed by atoms with Crippen LogP contribution in [0.25, 0.3) is 0 Å². The lowest BCUT2D eigenvalue weighted by Crippen LogP contribution is -2.51. The van der Waals surface area contributed by atoms with Gasteiger partial charge in [0.05, 0.1) is 12.6 Å². The van der Waals surface area contributed by atoms with Crippen LogP contribution in [0.15, 0.2) is 0 Å². The first kappa shape index (κ1) is 18.2. The van der Waals surface area contributed by atoms with Crippen molar-refractivity contribution in [3.05, 3.63) is 0 Å². The molecular formula is C14H25F3N4. The Morgan fingerprint density at radius 3 is 2.10 bits per heavy atom. The van der Waals surface area contributed by atoms with Crippen molar-refractivity contribution in [3.8, 4) is 6.07 Å². The van der Waals surface area contributed by atoms with E-state index in [9.17, 15) is 18.4 Å². The van der Waals surface area contributed by atoms with E-state index in [-0.39, 0.29) is 6.04 Å². The van der Waals surface area contributed by atoms with Gasteiger partial charge in [0.1, 0.15) is 5.54 Å². The molecule has 1 heterocycles. The van der Waals surface area contributed by atoms with Crippen molar-refractivity contribution < 1.29 is 13.2 Å². The van der Waals surface area contributed by atoms with E-state index in [2.05, 4.69) is 16.3 Å². The van der Waals surface area contributed by atoms with Gasteiger partial charge in [0.15, 0.2) is 0 Å². The highest BCUT2D eigenvalue weighted by Crippen LogP contribution is 2.18. The first-order valence-electron chi connectivity index (χ1n) is 7.34. The fourth-order valence-corrected chi connectivity index (χ4v) is 2.60. The minimum Gasteiger partial charge on any atom is -0.301 e. The predicted octanol–water partition coefficient (Wildman–Crippen LogP) is 1.84. The Morgan fingerprint density at radius 1 is 1.14 bits per heavy atom. The quantitative estimate of drug-likeness (QED) is 0.813. The number of rotatable bonds is 6. The monoisotopic (exact) mass is 306 g/mol. The Hall–Kier alpha value is -0.840. The largest absolute Gasteiger partial charge is 0.401 e. The number of alkyl halides is 3. The number of hydrogen-bond acceptors (Lipinski definition) is 4. The van der Waals surface area contributed by atoms with Crippen LogP contribution in [0.4, 0.5) is 13.2 Å². The zero-order valence-corrected chi connectivity index (χ0v) is 13.0. The van der Waals surface area contributed by atoms with E-state index in [1.807, 2.05) is 20.8 Å². The molecule has 1 aliphatic rings. The molecule has 1 saturated heterocycles. The lowest BCUT2D eigenvalue weighted by Gasteiger charge is -2.36. The van der Waals surface area contributed by atoms with E-state index in [4.69, 9.17) is 0 Å². The van der Waals surface area contributed by atoms with Gasteiger partial charge in [-0.3, -0.25) is 10.2 Å². The van der Waals surface area contributed by atoms with E-state index in [0.717, 1.165) is 6.54 Å². The minimum atomic E-state index is -4.12. The number of halogens is 3. The molecule has 0 spiro atoms. The van der Waals surface area contributed by atoms with Crippen molar-refractivity contribution in [2.45, 2.75) is 44.9 Å². The Morgan fingerprint density at radius 2 is 1.67 bits per heavy atom. The Kier molecular flexibility index (Phi) is 6.44. The fraction of sp³-hybridized carbons (Fsp3) is 0.929. The number of piperazine rings is 1. The van der Waals surface area contributed by atoms with Crippen LogP contribution in [-0.4, -0.2) is 66.8 Å². The molecule has 1 rings (SSSR count). The van der Waals surface area contributed by atoms with Gasteiger partial charge in [-0.1, -0.05) is 0 Å². The molecule has 21 heavy (non-hydrogen) atoms. The summed E-state index contributed by atoms with van der Waals surface area (Å²) in [4.78, 5) is 3.57. The number of nitriles is 1. The minimum absolute atomic E-state index is 0.221. The van der Waals surface area contributed by atoms with Crippen LogP contribution in [0.3, 0.4) is 0 Å². The molecule has 0 aromatic rings. The van der Waals surface area contributed by atoms with E-state index in [0.29, 0.717) is 32.6 Å². The SMILES string of the molecule is CC(C)NC(C)(C#N)CCN1CCN(CC(F)(F)F)CC1. The molecule has 0 aromatic heterocycles. The molecule has 1 atom stereocenters. The van der Waals surface area contributed by atoms with Crippen LogP contribution in [0.5, 0.6) is 0 Å². The maximum Gasteiger partial charge on any atom is 0.401 e. The van der Waals surface area contributed by atoms with Crippen molar-refractivity contribution in [1.82, 2.24) is 15.1 Å². The van der Waals surface area contributed by atoms with Crippen LogP contribution >= 0.6 is 0 Å². The molecule has 7 heteroatoms. The topological polar surface area (TPSA) is 42.3 Å². The average Bonchev–Trinajstić information content (AvgIpc) is 2.35. The summed E-state index contributed by atoms with van der Waals surface area (Å²) in [5.74, 6) is 0. The smallest absolute Gasteiger partial charge is 0.301 e. The zero-order valence-electron chi connectivity index (χ0n) is 13.0. The normalized spacial score (nSPS) is 21.2. The third-order valence-corrected chi connectivity index (χ3v) is 3.65. The van der Waals surface area contributed by atoms with E-state index in [1.54, 1.807) is 0 Å². The van der Waals surface area contributed by atoms with Crippen molar-refractivity contribution in [3.63, 3.8) is 0 Å². The molecule has 1 fully saturated rings. The van der Waals surface area contributed by atoms with Gasteiger partial charge in [-0.15, -0.1) is 0 Å². The molecule has 0 aromatic carbocycles. The first-order valence-corrected chi connectivity index (χ1v) is 7.34. The van der Waals surface area contributed by atoms with Gasteiger partial charge < -0.3 is 4.90 Å². The lowest BCUT2D eigenvalue weighted by atomic mass is 9.98. The molecule has 0 radical (unpaired) electrons. The highest BCUT2D eigenvalue weighted by atomic mass is 19.4. The summed E-state index contributed by atoms with van der Waals surface area (Å²) in [7, 11) is 0. The third-order valence-electron chi connectivity index (χ3n) is 3.65. The maximum atomic E-state index is 12.3. The van der Waals surface area contributed by atoms with Crippen LogP contribution in [0.1, 0.15) is 27.2 Å². The number of hydrogen-bond donors (Lipinski definition) is 1. The molecule has 0 amide bonds. The van der Waals surface area contributed by atoms with E-state index < -0.39 is 18.3 Å². The lowest BCUT2D eigenvalue weighted by molar-refractivity contribution is -0.149. The molecular weight excluding hydrogens is 281 g/mol. The fourth-order valence-electron chi connectivity index (χ4n) is 2.60. The van der Waals surface area contributed by atoms with Gasteiger partial charge in [0.25, 0.3) is 0 Å². The molecule has 0 saturated carbocycles. The zero-order chi connectivity index (χ0) is 16.1. The van der Waals surface area contributed by atoms with Crippen LogP contribution in [-0.2, 0) is 0 Å². The van der Waals surface area contributed by atoms with Gasteiger partial charge >= 0.3 is 6.18 Å². The molecule has 1 N–H and O–H groups in total.